The molecule has 0 atom stereocenters. The zero-order chi connectivity index (χ0) is 17.6. The van der Waals surface area contributed by atoms with Crippen LogP contribution < -0.4 is 0 Å². The summed E-state index contributed by atoms with van der Waals surface area (Å²) in [6, 6.07) is 3.27. The molecule has 0 aliphatic carbocycles. The summed E-state index contributed by atoms with van der Waals surface area (Å²) in [5.74, 6) is -4.57. The number of esters is 2. The predicted octanol–water partition coefficient (Wildman–Crippen LogP) is 1.91. The monoisotopic (exact) mass is 346 g/mol. The molecule has 0 radical (unpaired) electrons. The molecule has 1 aromatic rings. The lowest BCUT2D eigenvalue weighted by Crippen LogP contribution is -2.50. The molecular formula is C15H16ClFO6. The Bertz CT molecular complexity index is 598. The van der Waals surface area contributed by atoms with Crippen molar-refractivity contribution in [3.8, 4) is 0 Å². The molecule has 0 aromatic heterocycles. The fourth-order valence-corrected chi connectivity index (χ4v) is 1.93. The number of Topliss-reactive ketones (excluding diaryl/α,β-unsaturated/α-hetero) is 1. The molecule has 0 saturated heterocycles. The van der Waals surface area contributed by atoms with Crippen molar-refractivity contribution in [1.82, 2.24) is 0 Å². The first-order valence-corrected chi connectivity index (χ1v) is 7.19. The standard InChI is InChI=1S/C15H16ClFO6/c1-3-22-13(19)15(21,14(20)23-4-2)8-12(18)10-6-5-9(16)7-11(10)17/h5-7,21H,3-4,8H2,1-2H3. The van der Waals surface area contributed by atoms with Crippen molar-refractivity contribution in [3.05, 3.63) is 34.6 Å². The first-order chi connectivity index (χ1) is 10.8. The van der Waals surface area contributed by atoms with Gasteiger partial charge in [0.15, 0.2) is 5.78 Å². The average Bonchev–Trinajstić information content (AvgIpc) is 2.47. The maximum atomic E-state index is 13.8. The van der Waals surface area contributed by atoms with Crippen LogP contribution in [0.3, 0.4) is 0 Å². The smallest absolute Gasteiger partial charge is 0.350 e. The normalized spacial score (nSPS) is 11.0. The lowest BCUT2D eigenvalue weighted by molar-refractivity contribution is -0.182. The Hall–Kier alpha value is -1.99. The minimum Gasteiger partial charge on any atom is -0.463 e. The molecule has 6 nitrogen and oxygen atoms in total. The van der Waals surface area contributed by atoms with Crippen LogP contribution in [0, 0.1) is 5.82 Å². The number of aliphatic hydroxyl groups is 1. The Morgan fingerprint density at radius 3 is 2.13 bits per heavy atom. The molecule has 8 heteroatoms. The van der Waals surface area contributed by atoms with Gasteiger partial charge in [-0.3, -0.25) is 4.79 Å². The zero-order valence-electron chi connectivity index (χ0n) is 12.6. The number of ketones is 1. The molecule has 23 heavy (non-hydrogen) atoms. The molecular weight excluding hydrogens is 331 g/mol. The van der Waals surface area contributed by atoms with Gasteiger partial charge >= 0.3 is 11.9 Å². The van der Waals surface area contributed by atoms with Crippen LogP contribution in [-0.2, 0) is 19.1 Å². The Balaban J connectivity index is 3.11. The van der Waals surface area contributed by atoms with Crippen molar-refractivity contribution in [3.63, 3.8) is 0 Å². The number of hydrogen-bond acceptors (Lipinski definition) is 6. The summed E-state index contributed by atoms with van der Waals surface area (Å²) in [7, 11) is 0. The first-order valence-electron chi connectivity index (χ1n) is 6.81. The summed E-state index contributed by atoms with van der Waals surface area (Å²) in [5, 5.41) is 10.3. The summed E-state index contributed by atoms with van der Waals surface area (Å²) in [5.41, 5.74) is -3.25. The van der Waals surface area contributed by atoms with Crippen molar-refractivity contribution in [1.29, 1.82) is 0 Å². The molecule has 1 N–H and O–H groups in total. The molecule has 0 aliphatic rings. The molecule has 0 fully saturated rings. The fraction of sp³-hybridized carbons (Fsp3) is 0.400. The zero-order valence-corrected chi connectivity index (χ0v) is 13.4. The highest BCUT2D eigenvalue weighted by molar-refractivity contribution is 6.30. The molecule has 1 aromatic carbocycles. The van der Waals surface area contributed by atoms with Gasteiger partial charge in [-0.1, -0.05) is 11.6 Å². The number of hydrogen-bond donors (Lipinski definition) is 1. The Labute approximate surface area is 137 Å². The van der Waals surface area contributed by atoms with Gasteiger partial charge in [0.2, 0.25) is 0 Å². The number of carbonyl (C=O) groups is 3. The van der Waals surface area contributed by atoms with Crippen molar-refractivity contribution >= 4 is 29.3 Å². The average molecular weight is 347 g/mol. The van der Waals surface area contributed by atoms with E-state index in [4.69, 9.17) is 11.6 Å². The van der Waals surface area contributed by atoms with Crippen LogP contribution in [-0.4, -0.2) is 41.6 Å². The predicted molar refractivity (Wildman–Crippen MR) is 78.6 cm³/mol. The second-order valence-corrected chi connectivity index (χ2v) is 4.96. The summed E-state index contributed by atoms with van der Waals surface area (Å²) in [6.07, 6.45) is -1.01. The van der Waals surface area contributed by atoms with E-state index in [1.807, 2.05) is 0 Å². The number of carbonyl (C=O) groups excluding carboxylic acids is 3. The fourth-order valence-electron chi connectivity index (χ4n) is 1.77. The summed E-state index contributed by atoms with van der Waals surface area (Å²) in [4.78, 5) is 35.8. The molecule has 1 rings (SSSR count). The van der Waals surface area contributed by atoms with Gasteiger partial charge in [-0.15, -0.1) is 0 Å². The topological polar surface area (TPSA) is 89.9 Å². The molecule has 0 bridgehead atoms. The van der Waals surface area contributed by atoms with Gasteiger partial charge in [-0.2, -0.15) is 0 Å². The third-order valence-electron chi connectivity index (χ3n) is 2.87. The van der Waals surface area contributed by atoms with E-state index in [0.29, 0.717) is 0 Å². The summed E-state index contributed by atoms with van der Waals surface area (Å²) < 4.78 is 23.0. The van der Waals surface area contributed by atoms with Gasteiger partial charge in [0, 0.05) is 5.02 Å². The van der Waals surface area contributed by atoms with Gasteiger partial charge < -0.3 is 14.6 Å². The number of rotatable bonds is 7. The maximum Gasteiger partial charge on any atom is 0.350 e. The molecule has 0 heterocycles. The molecule has 0 aliphatic heterocycles. The van der Waals surface area contributed by atoms with Crippen LogP contribution in [0.2, 0.25) is 5.02 Å². The third kappa shape index (κ3) is 4.49. The van der Waals surface area contributed by atoms with Gasteiger partial charge in [0.25, 0.3) is 5.60 Å². The van der Waals surface area contributed by atoms with E-state index in [2.05, 4.69) is 9.47 Å². The molecule has 0 saturated carbocycles. The van der Waals surface area contributed by atoms with Gasteiger partial charge in [-0.25, -0.2) is 14.0 Å². The first kappa shape index (κ1) is 19.1. The lowest BCUT2D eigenvalue weighted by atomic mass is 9.93. The van der Waals surface area contributed by atoms with Crippen molar-refractivity contribution in [2.24, 2.45) is 0 Å². The summed E-state index contributed by atoms with van der Waals surface area (Å²) in [6.45, 7) is 2.68. The van der Waals surface area contributed by atoms with Crippen molar-refractivity contribution in [2.75, 3.05) is 13.2 Å². The van der Waals surface area contributed by atoms with Crippen LogP contribution in [0.25, 0.3) is 0 Å². The maximum absolute atomic E-state index is 13.8. The summed E-state index contributed by atoms with van der Waals surface area (Å²) >= 11 is 5.59. The van der Waals surface area contributed by atoms with Crippen LogP contribution in [0.5, 0.6) is 0 Å². The van der Waals surface area contributed by atoms with E-state index in [1.54, 1.807) is 0 Å². The van der Waals surface area contributed by atoms with E-state index in [1.165, 1.54) is 19.9 Å². The van der Waals surface area contributed by atoms with Crippen LogP contribution in [0.4, 0.5) is 4.39 Å². The van der Waals surface area contributed by atoms with Crippen LogP contribution in [0.1, 0.15) is 30.6 Å². The highest BCUT2D eigenvalue weighted by Crippen LogP contribution is 2.22. The SMILES string of the molecule is CCOC(=O)C(O)(CC(=O)c1ccc(Cl)cc1F)C(=O)OCC. The largest absolute Gasteiger partial charge is 0.463 e. The van der Waals surface area contributed by atoms with Crippen LogP contribution in [0.15, 0.2) is 18.2 Å². The molecule has 126 valence electrons. The van der Waals surface area contributed by atoms with E-state index >= 15 is 0 Å². The molecule has 0 amide bonds. The lowest BCUT2D eigenvalue weighted by Gasteiger charge is -2.23. The van der Waals surface area contributed by atoms with E-state index in [9.17, 15) is 23.9 Å². The van der Waals surface area contributed by atoms with Crippen molar-refractivity contribution < 1.29 is 33.4 Å². The van der Waals surface area contributed by atoms with Gasteiger partial charge in [0.1, 0.15) is 5.82 Å². The van der Waals surface area contributed by atoms with Crippen LogP contribution >= 0.6 is 11.6 Å². The highest BCUT2D eigenvalue weighted by Gasteiger charge is 2.49. The third-order valence-corrected chi connectivity index (χ3v) is 3.11. The Kier molecular flexibility index (Phi) is 6.65. The molecule has 0 unspecified atom stereocenters. The van der Waals surface area contributed by atoms with E-state index in [-0.39, 0.29) is 18.2 Å². The Morgan fingerprint density at radius 2 is 1.70 bits per heavy atom. The molecule has 0 spiro atoms. The Morgan fingerprint density at radius 1 is 1.17 bits per heavy atom. The van der Waals surface area contributed by atoms with Crippen molar-refractivity contribution in [2.45, 2.75) is 25.9 Å². The minimum absolute atomic E-state index is 0.0742. The van der Waals surface area contributed by atoms with Gasteiger partial charge in [0.05, 0.1) is 25.2 Å². The second-order valence-electron chi connectivity index (χ2n) is 4.53. The number of halogens is 2. The quantitative estimate of drug-likeness (QED) is 0.461. The van der Waals surface area contributed by atoms with Gasteiger partial charge in [-0.05, 0) is 32.0 Å². The minimum atomic E-state index is -2.84. The second kappa shape index (κ2) is 8.03. The number of ether oxygens (including phenoxy) is 2. The van der Waals surface area contributed by atoms with E-state index in [0.717, 1.165) is 12.1 Å². The number of benzene rings is 1. The highest BCUT2D eigenvalue weighted by atomic mass is 35.5. The van der Waals surface area contributed by atoms with E-state index < -0.39 is 41.1 Å².